The Kier molecular flexibility index (Phi) is 9.56. The van der Waals surface area contributed by atoms with E-state index in [9.17, 15) is 4.79 Å². The Labute approximate surface area is 152 Å². The van der Waals surface area contributed by atoms with E-state index in [4.69, 9.17) is 16.6 Å². The van der Waals surface area contributed by atoms with Crippen molar-refractivity contribution in [2.45, 2.75) is 38.4 Å². The molecule has 1 rings (SSSR count). The molecule has 1 aromatic carbocycles. The minimum Gasteiger partial charge on any atom is -0.379 e. The summed E-state index contributed by atoms with van der Waals surface area (Å²) >= 11 is 2.92. The molecule has 1 atom stereocenters. The molecule has 5 nitrogen and oxygen atoms in total. The number of hydrogen-bond acceptors (Lipinski definition) is 5. The summed E-state index contributed by atoms with van der Waals surface area (Å²) in [5.41, 5.74) is 7.80. The van der Waals surface area contributed by atoms with Gasteiger partial charge in [-0.2, -0.15) is 0 Å². The van der Waals surface area contributed by atoms with E-state index in [0.29, 0.717) is 11.6 Å². The summed E-state index contributed by atoms with van der Waals surface area (Å²) in [5.74, 6) is 0.801. The van der Waals surface area contributed by atoms with Gasteiger partial charge in [0.15, 0.2) is 5.17 Å². The lowest BCUT2D eigenvalue weighted by atomic mass is 10.0. The van der Waals surface area contributed by atoms with Crippen molar-refractivity contribution in [2.24, 2.45) is 5.73 Å². The van der Waals surface area contributed by atoms with Crippen molar-refractivity contribution < 1.29 is 4.79 Å². The van der Waals surface area contributed by atoms with Crippen molar-refractivity contribution in [1.29, 1.82) is 10.8 Å². The predicted molar refractivity (Wildman–Crippen MR) is 106 cm³/mol. The lowest BCUT2D eigenvalue weighted by Crippen LogP contribution is -2.24. The summed E-state index contributed by atoms with van der Waals surface area (Å²) in [7, 11) is 0. The second kappa shape index (κ2) is 11.1. The highest BCUT2D eigenvalue weighted by molar-refractivity contribution is 8.14. The van der Waals surface area contributed by atoms with Gasteiger partial charge in [-0.15, -0.1) is 11.8 Å². The van der Waals surface area contributed by atoms with Crippen LogP contribution in [0.25, 0.3) is 0 Å². The predicted octanol–water partition coefficient (Wildman–Crippen LogP) is 3.02. The quantitative estimate of drug-likeness (QED) is 0.398. The Morgan fingerprint density at radius 3 is 2.38 bits per heavy atom. The number of carbonyl (C=O) groups is 1. The molecule has 0 saturated heterocycles. The van der Waals surface area contributed by atoms with Crippen molar-refractivity contribution in [3.63, 3.8) is 0 Å². The summed E-state index contributed by atoms with van der Waals surface area (Å²) in [6.07, 6.45) is 2.62. The second-order valence-electron chi connectivity index (χ2n) is 5.55. The SMILES string of the molecule is CC(=N)S[C@H](CCNC(C)=O)Cc1ccc(CCSC(=N)N)cc1. The standard InChI is InChI=1S/C17H26N4OS2/c1-12(18)24-16(7-9-21-13(2)22)11-15-5-3-14(4-6-15)8-10-23-17(19)20/h3-6,16,18H,7-11H2,1-2H3,(H3,19,20)(H,21,22)/t16-/m1/s1. The van der Waals surface area contributed by atoms with Crippen LogP contribution in [-0.4, -0.2) is 33.7 Å². The van der Waals surface area contributed by atoms with E-state index in [1.165, 1.54) is 29.8 Å². The fourth-order valence-electron chi connectivity index (χ4n) is 2.25. The van der Waals surface area contributed by atoms with Crippen LogP contribution in [0.3, 0.4) is 0 Å². The van der Waals surface area contributed by atoms with Gasteiger partial charge in [-0.05, 0) is 37.3 Å². The van der Waals surface area contributed by atoms with Crippen molar-refractivity contribution >= 4 is 39.6 Å². The summed E-state index contributed by atoms with van der Waals surface area (Å²) in [5, 5.41) is 18.8. The number of nitrogens with two attached hydrogens (primary N) is 1. The molecular weight excluding hydrogens is 340 g/mol. The van der Waals surface area contributed by atoms with E-state index in [0.717, 1.165) is 25.0 Å². The maximum Gasteiger partial charge on any atom is 0.216 e. The van der Waals surface area contributed by atoms with Crippen LogP contribution in [0.1, 0.15) is 31.4 Å². The first kappa shape index (κ1) is 20.6. The molecule has 0 unspecified atom stereocenters. The fourth-order valence-corrected chi connectivity index (χ4v) is 3.81. The van der Waals surface area contributed by atoms with Crippen molar-refractivity contribution in [3.8, 4) is 0 Å². The van der Waals surface area contributed by atoms with Crippen molar-refractivity contribution in [3.05, 3.63) is 35.4 Å². The average molecular weight is 367 g/mol. The van der Waals surface area contributed by atoms with Gasteiger partial charge >= 0.3 is 0 Å². The molecule has 0 radical (unpaired) electrons. The number of hydrogen-bond donors (Lipinski definition) is 4. The van der Waals surface area contributed by atoms with E-state index < -0.39 is 0 Å². The van der Waals surface area contributed by atoms with Gasteiger partial charge < -0.3 is 11.1 Å². The first-order chi connectivity index (χ1) is 11.4. The maximum absolute atomic E-state index is 11.0. The minimum absolute atomic E-state index is 0.0156. The van der Waals surface area contributed by atoms with Crippen LogP contribution in [0.4, 0.5) is 0 Å². The number of carbonyl (C=O) groups excluding carboxylic acids is 1. The molecule has 1 amide bonds. The zero-order chi connectivity index (χ0) is 17.9. The molecule has 0 aliphatic carbocycles. The van der Waals surface area contributed by atoms with Crippen LogP contribution in [0.5, 0.6) is 0 Å². The van der Waals surface area contributed by atoms with Gasteiger partial charge in [-0.3, -0.25) is 15.6 Å². The summed E-state index contributed by atoms with van der Waals surface area (Å²) in [6.45, 7) is 3.96. The van der Waals surface area contributed by atoms with Gasteiger partial charge in [-0.25, -0.2) is 0 Å². The highest BCUT2D eigenvalue weighted by Gasteiger charge is 2.12. The van der Waals surface area contributed by atoms with E-state index in [1.807, 2.05) is 0 Å². The largest absolute Gasteiger partial charge is 0.379 e. The molecule has 0 aliphatic rings. The topological polar surface area (TPSA) is 103 Å². The third-order valence-electron chi connectivity index (χ3n) is 3.32. The van der Waals surface area contributed by atoms with Gasteiger partial charge in [0.05, 0.1) is 5.04 Å². The zero-order valence-corrected chi connectivity index (χ0v) is 15.9. The molecule has 0 heterocycles. The number of amidine groups is 1. The van der Waals surface area contributed by atoms with Crippen LogP contribution in [-0.2, 0) is 17.6 Å². The van der Waals surface area contributed by atoms with E-state index in [1.54, 1.807) is 18.7 Å². The molecule has 1 aromatic rings. The minimum atomic E-state index is -0.0156. The molecule has 5 N–H and O–H groups in total. The number of thioether (sulfide) groups is 2. The first-order valence-corrected chi connectivity index (χ1v) is 9.74. The van der Waals surface area contributed by atoms with Crippen molar-refractivity contribution in [1.82, 2.24) is 5.32 Å². The summed E-state index contributed by atoms with van der Waals surface area (Å²) in [4.78, 5) is 11.0. The van der Waals surface area contributed by atoms with E-state index >= 15 is 0 Å². The molecule has 0 aliphatic heterocycles. The average Bonchev–Trinajstić information content (AvgIpc) is 2.47. The van der Waals surface area contributed by atoms with E-state index in [2.05, 4.69) is 29.6 Å². The summed E-state index contributed by atoms with van der Waals surface area (Å²) in [6, 6.07) is 8.48. The molecule has 0 fully saturated rings. The fraction of sp³-hybridized carbons (Fsp3) is 0.471. The molecule has 0 aromatic heterocycles. The lowest BCUT2D eigenvalue weighted by molar-refractivity contribution is -0.118. The molecule has 0 bridgehead atoms. The van der Waals surface area contributed by atoms with Crippen LogP contribution in [0.2, 0.25) is 0 Å². The van der Waals surface area contributed by atoms with Crippen molar-refractivity contribution in [2.75, 3.05) is 12.3 Å². The number of benzene rings is 1. The van der Waals surface area contributed by atoms with Crippen LogP contribution < -0.4 is 11.1 Å². The molecule has 7 heteroatoms. The number of rotatable bonds is 9. The summed E-state index contributed by atoms with van der Waals surface area (Å²) < 4.78 is 0. The lowest BCUT2D eigenvalue weighted by Gasteiger charge is -2.16. The number of aryl methyl sites for hydroxylation is 1. The second-order valence-corrected chi connectivity index (χ2v) is 8.20. The molecule has 132 valence electrons. The third-order valence-corrected chi connectivity index (χ3v) is 5.13. The van der Waals surface area contributed by atoms with Gasteiger partial charge in [-0.1, -0.05) is 36.0 Å². The molecule has 0 saturated carbocycles. The smallest absolute Gasteiger partial charge is 0.216 e. The van der Waals surface area contributed by atoms with Gasteiger partial charge in [0.1, 0.15) is 0 Å². The highest BCUT2D eigenvalue weighted by atomic mass is 32.2. The van der Waals surface area contributed by atoms with Crippen LogP contribution >= 0.6 is 23.5 Å². The Morgan fingerprint density at radius 1 is 1.21 bits per heavy atom. The highest BCUT2D eigenvalue weighted by Crippen LogP contribution is 2.21. The first-order valence-electron chi connectivity index (χ1n) is 7.87. The Bertz CT molecular complexity index is 560. The molecular formula is C17H26N4OS2. The normalized spacial score (nSPS) is 11.8. The maximum atomic E-state index is 11.0. The number of nitrogens with one attached hydrogen (secondary N) is 3. The van der Waals surface area contributed by atoms with E-state index in [-0.39, 0.29) is 16.3 Å². The van der Waals surface area contributed by atoms with Gasteiger partial charge in [0.25, 0.3) is 0 Å². The van der Waals surface area contributed by atoms with Crippen LogP contribution in [0, 0.1) is 10.8 Å². The molecule has 24 heavy (non-hydrogen) atoms. The number of amides is 1. The van der Waals surface area contributed by atoms with Gasteiger partial charge in [0, 0.05) is 24.5 Å². The Hall–Kier alpha value is -1.47. The monoisotopic (exact) mass is 366 g/mol. The van der Waals surface area contributed by atoms with Crippen LogP contribution in [0.15, 0.2) is 24.3 Å². The van der Waals surface area contributed by atoms with Gasteiger partial charge in [0.2, 0.25) is 5.91 Å². The molecule has 0 spiro atoms. The third kappa shape index (κ3) is 9.62. The Morgan fingerprint density at radius 2 is 1.83 bits per heavy atom. The Balaban J connectivity index is 2.53. The zero-order valence-electron chi connectivity index (χ0n) is 14.2.